The Morgan fingerprint density at radius 1 is 1.50 bits per heavy atom. The molecule has 18 heavy (non-hydrogen) atoms. The molecule has 1 amide bonds. The minimum atomic E-state index is -0.0853. The molecular weight excluding hydrogens is 228 g/mol. The van der Waals surface area contributed by atoms with Crippen LogP contribution in [0.1, 0.15) is 25.3 Å². The number of unbranched alkanes of at least 4 members (excludes halogenated alkanes) is 1. The lowest BCUT2D eigenvalue weighted by molar-refractivity contribution is -0.116. The molecule has 4 heteroatoms. The third kappa shape index (κ3) is 4.49. The first kappa shape index (κ1) is 14.1. The molecule has 1 aromatic rings. The fourth-order valence-corrected chi connectivity index (χ4v) is 1.48. The van der Waals surface area contributed by atoms with Gasteiger partial charge in [0.2, 0.25) is 5.91 Å². The number of benzene rings is 1. The van der Waals surface area contributed by atoms with Gasteiger partial charge in [0.15, 0.2) is 0 Å². The molecule has 0 unspecified atom stereocenters. The molecule has 0 radical (unpaired) electrons. The van der Waals surface area contributed by atoms with Gasteiger partial charge in [0, 0.05) is 12.6 Å². The summed E-state index contributed by atoms with van der Waals surface area (Å²) in [5.74, 6) is 0.553. The van der Waals surface area contributed by atoms with Crippen molar-refractivity contribution in [2.45, 2.75) is 19.8 Å². The lowest BCUT2D eigenvalue weighted by atomic mass is 10.1. The number of amides is 1. The Labute approximate surface area is 108 Å². The summed E-state index contributed by atoms with van der Waals surface area (Å²) in [6.07, 6.45) is 5.31. The molecule has 0 atom stereocenters. The lowest BCUT2D eigenvalue weighted by Crippen LogP contribution is -2.21. The Hall–Kier alpha value is -1.97. The van der Waals surface area contributed by atoms with Gasteiger partial charge in [-0.2, -0.15) is 0 Å². The molecule has 0 saturated carbocycles. The Balaban J connectivity index is 2.56. The maximum absolute atomic E-state index is 11.4. The maximum atomic E-state index is 11.4. The number of nitrogens with two attached hydrogens (primary N) is 1. The summed E-state index contributed by atoms with van der Waals surface area (Å²) >= 11 is 0. The maximum Gasteiger partial charge on any atom is 0.243 e. The van der Waals surface area contributed by atoms with Crippen molar-refractivity contribution in [3.63, 3.8) is 0 Å². The molecular formula is C14H20N2O2. The van der Waals surface area contributed by atoms with Crippen LogP contribution in [0.15, 0.2) is 24.3 Å². The highest BCUT2D eigenvalue weighted by Crippen LogP contribution is 2.22. The normalized spacial score (nSPS) is 10.6. The van der Waals surface area contributed by atoms with Crippen LogP contribution >= 0.6 is 0 Å². The van der Waals surface area contributed by atoms with Crippen LogP contribution < -0.4 is 15.8 Å². The molecule has 0 spiro atoms. The van der Waals surface area contributed by atoms with Gasteiger partial charge in [0.05, 0.1) is 12.8 Å². The molecule has 1 rings (SSSR count). The highest BCUT2D eigenvalue weighted by atomic mass is 16.5. The summed E-state index contributed by atoms with van der Waals surface area (Å²) in [6, 6.07) is 5.41. The third-order valence-electron chi connectivity index (χ3n) is 2.51. The molecule has 0 saturated heterocycles. The average molecular weight is 248 g/mol. The number of nitrogen functional groups attached to an aromatic ring is 1. The van der Waals surface area contributed by atoms with E-state index in [4.69, 9.17) is 10.5 Å². The minimum absolute atomic E-state index is 0.0853. The highest BCUT2D eigenvalue weighted by Gasteiger charge is 1.99. The van der Waals surface area contributed by atoms with Gasteiger partial charge in [0.1, 0.15) is 5.75 Å². The molecule has 0 heterocycles. The van der Waals surface area contributed by atoms with Crippen molar-refractivity contribution in [2.75, 3.05) is 19.4 Å². The van der Waals surface area contributed by atoms with Crippen LogP contribution in [0.4, 0.5) is 5.69 Å². The molecule has 0 aliphatic rings. The SMILES string of the molecule is CCCCNC(=O)/C=C/c1ccc(OC)c(N)c1. The van der Waals surface area contributed by atoms with Gasteiger partial charge in [-0.15, -0.1) is 0 Å². The molecule has 1 aromatic carbocycles. The van der Waals surface area contributed by atoms with E-state index in [1.807, 2.05) is 6.07 Å². The number of anilines is 1. The zero-order chi connectivity index (χ0) is 13.4. The Bertz CT molecular complexity index is 428. The Morgan fingerprint density at radius 2 is 2.28 bits per heavy atom. The summed E-state index contributed by atoms with van der Waals surface area (Å²) in [5.41, 5.74) is 7.21. The number of rotatable bonds is 6. The molecule has 4 nitrogen and oxygen atoms in total. The summed E-state index contributed by atoms with van der Waals surface area (Å²) in [6.45, 7) is 2.80. The summed E-state index contributed by atoms with van der Waals surface area (Å²) < 4.78 is 5.06. The van der Waals surface area contributed by atoms with Crippen LogP contribution in [0.25, 0.3) is 6.08 Å². The second-order valence-electron chi connectivity index (χ2n) is 3.98. The van der Waals surface area contributed by atoms with Crippen LogP contribution in [-0.4, -0.2) is 19.6 Å². The van der Waals surface area contributed by atoms with Gasteiger partial charge in [-0.05, 0) is 30.2 Å². The van der Waals surface area contributed by atoms with Crippen molar-refractivity contribution in [1.82, 2.24) is 5.32 Å². The van der Waals surface area contributed by atoms with Gasteiger partial charge in [-0.25, -0.2) is 0 Å². The van der Waals surface area contributed by atoms with Crippen molar-refractivity contribution in [3.05, 3.63) is 29.8 Å². The molecule has 0 aromatic heterocycles. The van der Waals surface area contributed by atoms with E-state index in [1.54, 1.807) is 25.3 Å². The summed E-state index contributed by atoms with van der Waals surface area (Å²) in [7, 11) is 1.57. The fraction of sp³-hybridized carbons (Fsp3) is 0.357. The zero-order valence-corrected chi connectivity index (χ0v) is 10.9. The van der Waals surface area contributed by atoms with E-state index in [1.165, 1.54) is 6.08 Å². The predicted molar refractivity (Wildman–Crippen MR) is 74.4 cm³/mol. The number of methoxy groups -OCH3 is 1. The van der Waals surface area contributed by atoms with Crippen LogP contribution in [0.3, 0.4) is 0 Å². The van der Waals surface area contributed by atoms with Crippen molar-refractivity contribution in [1.29, 1.82) is 0 Å². The second kappa shape index (κ2) is 7.37. The number of ether oxygens (including phenoxy) is 1. The molecule has 0 fully saturated rings. The van der Waals surface area contributed by atoms with Gasteiger partial charge in [-0.1, -0.05) is 19.4 Å². The van der Waals surface area contributed by atoms with E-state index < -0.39 is 0 Å². The van der Waals surface area contributed by atoms with Crippen LogP contribution in [-0.2, 0) is 4.79 Å². The van der Waals surface area contributed by atoms with Gasteiger partial charge < -0.3 is 15.8 Å². The molecule has 0 bridgehead atoms. The second-order valence-corrected chi connectivity index (χ2v) is 3.98. The van der Waals surface area contributed by atoms with Gasteiger partial charge in [-0.3, -0.25) is 4.79 Å². The quantitative estimate of drug-likeness (QED) is 0.461. The average Bonchev–Trinajstić information content (AvgIpc) is 2.37. The van der Waals surface area contributed by atoms with E-state index in [0.717, 1.165) is 18.4 Å². The van der Waals surface area contributed by atoms with Gasteiger partial charge in [0.25, 0.3) is 0 Å². The minimum Gasteiger partial charge on any atom is -0.495 e. The van der Waals surface area contributed by atoms with Crippen molar-refractivity contribution >= 4 is 17.7 Å². The van der Waals surface area contributed by atoms with E-state index in [-0.39, 0.29) is 5.91 Å². The van der Waals surface area contributed by atoms with E-state index >= 15 is 0 Å². The largest absolute Gasteiger partial charge is 0.495 e. The highest BCUT2D eigenvalue weighted by molar-refractivity contribution is 5.91. The van der Waals surface area contributed by atoms with Crippen LogP contribution in [0, 0.1) is 0 Å². The van der Waals surface area contributed by atoms with E-state index in [2.05, 4.69) is 12.2 Å². The van der Waals surface area contributed by atoms with Crippen molar-refractivity contribution < 1.29 is 9.53 Å². The number of hydrogen-bond donors (Lipinski definition) is 2. The third-order valence-corrected chi connectivity index (χ3v) is 2.51. The smallest absolute Gasteiger partial charge is 0.243 e. The number of carbonyl (C=O) groups excluding carboxylic acids is 1. The van der Waals surface area contributed by atoms with Crippen molar-refractivity contribution in [2.24, 2.45) is 0 Å². The zero-order valence-electron chi connectivity index (χ0n) is 10.9. The molecule has 0 aliphatic carbocycles. The summed E-state index contributed by atoms with van der Waals surface area (Å²) in [4.78, 5) is 11.4. The molecule has 3 N–H and O–H groups in total. The van der Waals surface area contributed by atoms with Crippen molar-refractivity contribution in [3.8, 4) is 5.75 Å². The first-order valence-electron chi connectivity index (χ1n) is 6.06. The summed E-state index contributed by atoms with van der Waals surface area (Å²) in [5, 5.41) is 2.81. The molecule has 98 valence electrons. The Kier molecular flexibility index (Phi) is 5.77. The number of nitrogens with one attached hydrogen (secondary N) is 1. The lowest BCUT2D eigenvalue weighted by Gasteiger charge is -2.04. The first-order valence-corrected chi connectivity index (χ1v) is 6.06. The van der Waals surface area contributed by atoms with Gasteiger partial charge >= 0.3 is 0 Å². The predicted octanol–water partition coefficient (Wildman–Crippen LogP) is 2.21. The van der Waals surface area contributed by atoms with E-state index in [0.29, 0.717) is 18.0 Å². The standard InChI is InChI=1S/C14H20N2O2/c1-3-4-9-16-14(17)8-6-11-5-7-13(18-2)12(15)10-11/h5-8,10H,3-4,9,15H2,1-2H3,(H,16,17)/b8-6+. The number of carbonyl (C=O) groups is 1. The van der Waals surface area contributed by atoms with E-state index in [9.17, 15) is 4.79 Å². The monoisotopic (exact) mass is 248 g/mol. The first-order chi connectivity index (χ1) is 8.67. The Morgan fingerprint density at radius 3 is 2.89 bits per heavy atom. The molecule has 0 aliphatic heterocycles. The number of hydrogen-bond acceptors (Lipinski definition) is 3. The van der Waals surface area contributed by atoms with Crippen LogP contribution in [0.5, 0.6) is 5.75 Å². The fourth-order valence-electron chi connectivity index (χ4n) is 1.48. The van der Waals surface area contributed by atoms with Crippen LogP contribution in [0.2, 0.25) is 0 Å². The topological polar surface area (TPSA) is 64.3 Å².